The number of aliphatic hydroxyl groups excluding tert-OH is 4. The summed E-state index contributed by atoms with van der Waals surface area (Å²) in [4.78, 5) is 25.0. The van der Waals surface area contributed by atoms with Gasteiger partial charge in [0.25, 0.3) is 0 Å². The van der Waals surface area contributed by atoms with E-state index in [2.05, 4.69) is 32.6 Å². The fourth-order valence-electron chi connectivity index (χ4n) is 8.06. The molecule has 1 heterocycles. The van der Waals surface area contributed by atoms with Crippen LogP contribution in [-0.2, 0) is 19.1 Å². The molecule has 242 valence electrons. The maximum atomic E-state index is 13.4. The van der Waals surface area contributed by atoms with Crippen molar-refractivity contribution in [3.8, 4) is 0 Å². The Labute approximate surface area is 254 Å². The average molecular weight is 607 g/mol. The number of fused-ring (bicyclic) bond motifs is 1. The first-order valence-electron chi connectivity index (χ1n) is 15.6. The van der Waals surface area contributed by atoms with Crippen molar-refractivity contribution in [2.45, 2.75) is 134 Å². The molecule has 0 aromatic carbocycles. The van der Waals surface area contributed by atoms with Gasteiger partial charge in [-0.15, -0.1) is 0 Å². The summed E-state index contributed by atoms with van der Waals surface area (Å²) >= 11 is 0. The first-order valence-corrected chi connectivity index (χ1v) is 15.6. The van der Waals surface area contributed by atoms with E-state index in [1.165, 1.54) is 19.4 Å². The van der Waals surface area contributed by atoms with E-state index in [4.69, 9.17) is 9.47 Å². The molecule has 0 spiro atoms. The third-order valence-corrected chi connectivity index (χ3v) is 10.5. The van der Waals surface area contributed by atoms with E-state index in [-0.39, 0.29) is 29.8 Å². The van der Waals surface area contributed by atoms with Gasteiger partial charge in [0.15, 0.2) is 18.2 Å². The second-order valence-electron chi connectivity index (χ2n) is 14.0. The highest BCUT2D eigenvalue weighted by atomic mass is 16.7. The summed E-state index contributed by atoms with van der Waals surface area (Å²) in [7, 11) is 0. The van der Waals surface area contributed by atoms with E-state index < -0.39 is 54.2 Å². The van der Waals surface area contributed by atoms with E-state index in [1.807, 2.05) is 0 Å². The van der Waals surface area contributed by atoms with Crippen LogP contribution in [0.5, 0.6) is 0 Å². The Balaban J connectivity index is 1.53. The van der Waals surface area contributed by atoms with Crippen LogP contribution >= 0.6 is 0 Å². The summed E-state index contributed by atoms with van der Waals surface area (Å²) in [5, 5.41) is 61.0. The molecule has 4 fully saturated rings. The van der Waals surface area contributed by atoms with Crippen LogP contribution in [0.25, 0.3) is 0 Å². The molecule has 0 aromatic rings. The van der Waals surface area contributed by atoms with Gasteiger partial charge in [-0.25, -0.2) is 4.79 Å². The lowest BCUT2D eigenvalue weighted by atomic mass is 9.60. The molecule has 3 saturated carbocycles. The molecule has 0 bridgehead atoms. The van der Waals surface area contributed by atoms with E-state index in [1.54, 1.807) is 0 Å². The van der Waals surface area contributed by atoms with Crippen LogP contribution in [0.2, 0.25) is 0 Å². The minimum atomic E-state index is -1.88. The summed E-state index contributed by atoms with van der Waals surface area (Å²) in [6, 6.07) is 0. The quantitative estimate of drug-likeness (QED) is 0.229. The van der Waals surface area contributed by atoms with Crippen molar-refractivity contribution in [2.75, 3.05) is 0 Å². The van der Waals surface area contributed by atoms with Crippen molar-refractivity contribution in [3.63, 3.8) is 0 Å². The van der Waals surface area contributed by atoms with Crippen molar-refractivity contribution in [2.24, 2.45) is 23.2 Å². The Hall–Kier alpha value is -1.92. The lowest BCUT2D eigenvalue weighted by Gasteiger charge is -2.45. The Morgan fingerprint density at radius 1 is 1.09 bits per heavy atom. The van der Waals surface area contributed by atoms with Crippen molar-refractivity contribution in [1.82, 2.24) is 0 Å². The second-order valence-corrected chi connectivity index (χ2v) is 14.0. The minimum absolute atomic E-state index is 0.0248. The predicted octanol–water partition coefficient (Wildman–Crippen LogP) is 2.80. The number of hydrogen-bond acceptors (Lipinski definition) is 9. The third-order valence-electron chi connectivity index (χ3n) is 10.5. The number of allylic oxidation sites excluding steroid dienone is 4. The standard InChI is InChI=1S/C33H50O10/c1-17-8-11-21(34)16-20(17)10-9-19-7-6-14-33(5)22(12-13-23(19)33)18(2)15-24(29(38)32(3,4)41)42-31-27(37)25(35)26(36)28(43-31)30(39)40/h9-10,18,21-28,31,34-37,41H,1,6-8,11-16H2,2-5H3,(H,39,40). The van der Waals surface area contributed by atoms with Crippen LogP contribution in [0.1, 0.15) is 85.5 Å². The van der Waals surface area contributed by atoms with Crippen molar-refractivity contribution >= 4 is 11.8 Å². The highest BCUT2D eigenvalue weighted by molar-refractivity contribution is 5.90. The van der Waals surface area contributed by atoms with Gasteiger partial charge < -0.3 is 40.1 Å². The van der Waals surface area contributed by atoms with Crippen molar-refractivity contribution in [1.29, 1.82) is 0 Å². The molecule has 11 atom stereocenters. The molecule has 11 unspecified atom stereocenters. The first-order chi connectivity index (χ1) is 20.0. The number of carbonyl (C=O) groups excluding carboxylic acids is 1. The molecular weight excluding hydrogens is 556 g/mol. The van der Waals surface area contributed by atoms with Gasteiger partial charge in [0.2, 0.25) is 0 Å². The van der Waals surface area contributed by atoms with E-state index >= 15 is 0 Å². The van der Waals surface area contributed by atoms with Gasteiger partial charge in [0.1, 0.15) is 30.0 Å². The normalized spacial score (nSPS) is 40.3. The molecular formula is C33H50O10. The molecule has 0 radical (unpaired) electrons. The van der Waals surface area contributed by atoms with Gasteiger partial charge in [-0.1, -0.05) is 43.7 Å². The van der Waals surface area contributed by atoms with Crippen LogP contribution in [0.3, 0.4) is 0 Å². The summed E-state index contributed by atoms with van der Waals surface area (Å²) in [6.45, 7) is 11.2. The summed E-state index contributed by atoms with van der Waals surface area (Å²) in [6.07, 6.45) is 1.13. The molecule has 1 saturated heterocycles. The lowest BCUT2D eigenvalue weighted by Crippen LogP contribution is -2.61. The number of ether oxygens (including phenoxy) is 2. The minimum Gasteiger partial charge on any atom is -0.479 e. The molecule has 0 aromatic heterocycles. The van der Waals surface area contributed by atoms with Gasteiger partial charge in [0.05, 0.1) is 6.10 Å². The Morgan fingerprint density at radius 3 is 2.44 bits per heavy atom. The maximum absolute atomic E-state index is 13.4. The van der Waals surface area contributed by atoms with Gasteiger partial charge in [0, 0.05) is 0 Å². The molecule has 4 aliphatic rings. The van der Waals surface area contributed by atoms with E-state index in [0.717, 1.165) is 56.1 Å². The molecule has 43 heavy (non-hydrogen) atoms. The zero-order valence-electron chi connectivity index (χ0n) is 25.8. The van der Waals surface area contributed by atoms with Gasteiger partial charge in [-0.2, -0.15) is 0 Å². The SMILES string of the molecule is C=C1CCC(O)CC1=CC=C1CCCC2(C)C1CCC2C(C)CC(OC1OC(C(=O)O)C(O)C(O)C1O)C(=O)C(C)(C)O. The number of aliphatic hydroxyl groups is 5. The van der Waals surface area contributed by atoms with Crippen molar-refractivity contribution < 1.29 is 49.7 Å². The monoisotopic (exact) mass is 606 g/mol. The predicted molar refractivity (Wildman–Crippen MR) is 158 cm³/mol. The molecule has 4 rings (SSSR count). The summed E-state index contributed by atoms with van der Waals surface area (Å²) in [5.74, 6) is -1.63. The Bertz CT molecular complexity index is 1120. The molecule has 10 heteroatoms. The fraction of sp³-hybridized carbons (Fsp3) is 0.758. The van der Waals surface area contributed by atoms with Crippen LogP contribution < -0.4 is 0 Å². The van der Waals surface area contributed by atoms with Gasteiger partial charge in [-0.05, 0) is 100 Å². The van der Waals surface area contributed by atoms with E-state index in [0.29, 0.717) is 12.3 Å². The lowest BCUT2D eigenvalue weighted by molar-refractivity contribution is -0.303. The number of carbonyl (C=O) groups is 2. The summed E-state index contributed by atoms with van der Waals surface area (Å²) < 4.78 is 11.2. The number of carboxylic acids is 1. The molecule has 10 nitrogen and oxygen atoms in total. The number of rotatable bonds is 9. The van der Waals surface area contributed by atoms with E-state index in [9.17, 15) is 40.2 Å². The number of carboxylic acid groups (broad SMARTS) is 1. The third kappa shape index (κ3) is 7.16. The number of hydrogen-bond donors (Lipinski definition) is 6. The van der Waals surface area contributed by atoms with Crippen molar-refractivity contribution in [3.05, 3.63) is 35.5 Å². The van der Waals surface area contributed by atoms with Crippen LogP contribution in [-0.4, -0.2) is 90.9 Å². The largest absolute Gasteiger partial charge is 0.479 e. The first kappa shape index (κ1) is 34.0. The average Bonchev–Trinajstić information content (AvgIpc) is 3.29. The molecule has 3 aliphatic carbocycles. The highest BCUT2D eigenvalue weighted by Crippen LogP contribution is 2.60. The molecule has 1 aliphatic heterocycles. The fourth-order valence-corrected chi connectivity index (χ4v) is 8.06. The van der Waals surface area contributed by atoms with Gasteiger partial charge in [-0.3, -0.25) is 4.79 Å². The number of Topliss-reactive ketones (excluding diaryl/α,β-unsaturated/α-hetero) is 1. The zero-order valence-corrected chi connectivity index (χ0v) is 25.8. The zero-order chi connectivity index (χ0) is 31.9. The number of aliphatic carboxylic acids is 1. The van der Waals surface area contributed by atoms with Crippen LogP contribution in [0, 0.1) is 23.2 Å². The maximum Gasteiger partial charge on any atom is 0.335 e. The molecule has 6 N–H and O–H groups in total. The van der Waals surface area contributed by atoms with Gasteiger partial charge >= 0.3 is 5.97 Å². The Morgan fingerprint density at radius 2 is 1.79 bits per heavy atom. The Kier molecular flexibility index (Phi) is 10.4. The summed E-state index contributed by atoms with van der Waals surface area (Å²) in [5.41, 5.74) is 1.80. The van der Waals surface area contributed by atoms with Crippen LogP contribution in [0.15, 0.2) is 35.5 Å². The number of ketones is 1. The molecule has 0 amide bonds. The second kappa shape index (κ2) is 13.2. The highest BCUT2D eigenvalue weighted by Gasteiger charge is 2.53. The smallest absolute Gasteiger partial charge is 0.335 e. The van der Waals surface area contributed by atoms with Crippen LogP contribution in [0.4, 0.5) is 0 Å². The topological polar surface area (TPSA) is 174 Å².